The molecule has 2 N–H and O–H groups in total. The van der Waals surface area contributed by atoms with Crippen LogP contribution in [0.5, 0.6) is 23.0 Å². The number of benzene rings is 2. The molecule has 1 atom stereocenters. The minimum Gasteiger partial charge on any atom is -0.507 e. The third-order valence-electron chi connectivity index (χ3n) is 4.63. The maximum atomic E-state index is 11.7. The van der Waals surface area contributed by atoms with Gasteiger partial charge >= 0.3 is 5.97 Å². The lowest BCUT2D eigenvalue weighted by atomic mass is 10.0. The smallest absolute Gasteiger partial charge is 0.307 e. The summed E-state index contributed by atoms with van der Waals surface area (Å²) in [6.07, 6.45) is 0.867. The molecule has 7 nitrogen and oxygen atoms in total. The Bertz CT molecular complexity index is 920. The normalized spacial score (nSPS) is 15.0. The van der Waals surface area contributed by atoms with E-state index in [1.54, 1.807) is 30.3 Å². The Hall–Kier alpha value is -3.22. The molecule has 0 spiro atoms. The zero-order valence-corrected chi connectivity index (χ0v) is 16.4. The Morgan fingerprint density at radius 3 is 2.69 bits per heavy atom. The number of ketones is 1. The number of hydrogen-bond acceptors (Lipinski definition) is 6. The number of phenolic OH excluding ortho intramolecular Hbond substituents is 1. The van der Waals surface area contributed by atoms with Crippen LogP contribution in [0.2, 0.25) is 0 Å². The first-order valence-electron chi connectivity index (χ1n) is 9.51. The minimum absolute atomic E-state index is 0.0404. The van der Waals surface area contributed by atoms with Gasteiger partial charge in [-0.1, -0.05) is 19.4 Å². The molecule has 154 valence electrons. The Labute approximate surface area is 168 Å². The molecule has 0 fully saturated rings. The van der Waals surface area contributed by atoms with Gasteiger partial charge in [-0.15, -0.1) is 0 Å². The molecule has 2 aromatic rings. The van der Waals surface area contributed by atoms with Crippen molar-refractivity contribution in [2.75, 3.05) is 13.2 Å². The van der Waals surface area contributed by atoms with Crippen molar-refractivity contribution in [2.24, 2.45) is 0 Å². The van der Waals surface area contributed by atoms with Gasteiger partial charge in [-0.25, -0.2) is 0 Å². The number of fused-ring (bicyclic) bond motifs is 1. The molecule has 0 radical (unpaired) electrons. The number of carboxylic acids is 1. The van der Waals surface area contributed by atoms with Gasteiger partial charge in [0.25, 0.3) is 0 Å². The van der Waals surface area contributed by atoms with Crippen molar-refractivity contribution >= 4 is 11.8 Å². The third-order valence-corrected chi connectivity index (χ3v) is 4.63. The number of carbonyl (C=O) groups is 2. The first-order valence-corrected chi connectivity index (χ1v) is 9.51. The summed E-state index contributed by atoms with van der Waals surface area (Å²) in [5.74, 6) is 0.380. The molecule has 1 unspecified atom stereocenters. The quantitative estimate of drug-likeness (QED) is 0.655. The number of Topliss-reactive ketones (excluding diaryl/α,β-unsaturated/α-hetero) is 1. The molecule has 1 aliphatic heterocycles. The van der Waals surface area contributed by atoms with Gasteiger partial charge in [0.1, 0.15) is 24.7 Å². The number of aromatic hydroxyl groups is 1. The molecular formula is C22H24O7. The van der Waals surface area contributed by atoms with Crippen molar-refractivity contribution in [2.45, 2.75) is 39.2 Å². The van der Waals surface area contributed by atoms with E-state index in [0.29, 0.717) is 34.8 Å². The second-order valence-corrected chi connectivity index (χ2v) is 6.96. The summed E-state index contributed by atoms with van der Waals surface area (Å²) in [6.45, 7) is 3.85. The summed E-state index contributed by atoms with van der Waals surface area (Å²) in [5, 5.41) is 19.4. The van der Waals surface area contributed by atoms with Gasteiger partial charge in [0.05, 0.1) is 12.0 Å². The summed E-state index contributed by atoms with van der Waals surface area (Å²) >= 11 is 0. The van der Waals surface area contributed by atoms with Crippen LogP contribution >= 0.6 is 0 Å². The molecule has 0 bridgehead atoms. The summed E-state index contributed by atoms with van der Waals surface area (Å²) in [4.78, 5) is 22.6. The van der Waals surface area contributed by atoms with Crippen LogP contribution in [0, 0.1) is 0 Å². The zero-order valence-electron chi connectivity index (χ0n) is 16.4. The molecule has 2 aromatic carbocycles. The van der Waals surface area contributed by atoms with Crippen LogP contribution in [0.25, 0.3) is 0 Å². The van der Waals surface area contributed by atoms with Gasteiger partial charge in [-0.05, 0) is 43.2 Å². The number of aliphatic carboxylic acids is 1. The highest BCUT2D eigenvalue weighted by Crippen LogP contribution is 2.35. The van der Waals surface area contributed by atoms with Crippen LogP contribution in [0.15, 0.2) is 30.3 Å². The van der Waals surface area contributed by atoms with Crippen LogP contribution in [-0.4, -0.2) is 41.3 Å². The summed E-state index contributed by atoms with van der Waals surface area (Å²) in [7, 11) is 0. The number of ether oxygens (including phenoxy) is 3. The van der Waals surface area contributed by atoms with Crippen LogP contribution in [0.3, 0.4) is 0 Å². The lowest BCUT2D eigenvalue weighted by molar-refractivity contribution is -0.136. The monoisotopic (exact) mass is 400 g/mol. The Balaban J connectivity index is 1.72. The highest BCUT2D eigenvalue weighted by Gasteiger charge is 2.23. The predicted molar refractivity (Wildman–Crippen MR) is 105 cm³/mol. The van der Waals surface area contributed by atoms with Crippen molar-refractivity contribution in [3.05, 3.63) is 47.0 Å². The molecule has 1 aliphatic rings. The van der Waals surface area contributed by atoms with E-state index in [4.69, 9.17) is 19.3 Å². The van der Waals surface area contributed by atoms with Crippen molar-refractivity contribution in [1.29, 1.82) is 0 Å². The Kier molecular flexibility index (Phi) is 6.26. The van der Waals surface area contributed by atoms with Gasteiger partial charge in [0.15, 0.2) is 23.4 Å². The van der Waals surface area contributed by atoms with Gasteiger partial charge < -0.3 is 24.4 Å². The third kappa shape index (κ3) is 4.80. The fourth-order valence-electron chi connectivity index (χ4n) is 3.24. The van der Waals surface area contributed by atoms with Crippen LogP contribution in [0.4, 0.5) is 0 Å². The number of rotatable bonds is 8. The highest BCUT2D eigenvalue weighted by atomic mass is 16.6. The topological polar surface area (TPSA) is 102 Å². The Morgan fingerprint density at radius 2 is 2.00 bits per heavy atom. The average molecular weight is 400 g/mol. The van der Waals surface area contributed by atoms with E-state index in [-0.39, 0.29) is 36.7 Å². The van der Waals surface area contributed by atoms with Crippen molar-refractivity contribution in [3.8, 4) is 23.0 Å². The lowest BCUT2D eigenvalue weighted by Crippen LogP contribution is -2.34. The van der Waals surface area contributed by atoms with Crippen LogP contribution in [0.1, 0.15) is 41.8 Å². The molecule has 0 amide bonds. The van der Waals surface area contributed by atoms with Gasteiger partial charge in [-0.3, -0.25) is 9.59 Å². The second kappa shape index (κ2) is 8.86. The van der Waals surface area contributed by atoms with Crippen LogP contribution < -0.4 is 14.2 Å². The number of carbonyl (C=O) groups excluding carboxylic acids is 1. The molecule has 0 saturated carbocycles. The molecule has 29 heavy (non-hydrogen) atoms. The predicted octanol–water partition coefficient (Wildman–Crippen LogP) is 3.39. The molecule has 7 heteroatoms. The number of carboxylic acid groups (broad SMARTS) is 1. The van der Waals surface area contributed by atoms with Crippen LogP contribution in [-0.2, 0) is 17.6 Å². The summed E-state index contributed by atoms with van der Waals surface area (Å²) < 4.78 is 17.5. The highest BCUT2D eigenvalue weighted by molar-refractivity contribution is 5.97. The Morgan fingerprint density at radius 1 is 1.21 bits per heavy atom. The molecule has 3 rings (SSSR count). The first-order chi connectivity index (χ1) is 13.9. The fraction of sp³-hybridized carbons (Fsp3) is 0.364. The first kappa shape index (κ1) is 20.5. The molecule has 1 heterocycles. The van der Waals surface area contributed by atoms with E-state index in [1.165, 1.54) is 6.92 Å². The largest absolute Gasteiger partial charge is 0.507 e. The van der Waals surface area contributed by atoms with Gasteiger partial charge in [-0.2, -0.15) is 0 Å². The zero-order chi connectivity index (χ0) is 21.0. The molecular weight excluding hydrogens is 376 g/mol. The lowest BCUT2D eigenvalue weighted by Gasteiger charge is -2.27. The molecule has 0 aliphatic carbocycles. The fourth-order valence-corrected chi connectivity index (χ4v) is 3.24. The maximum absolute atomic E-state index is 11.7. The van der Waals surface area contributed by atoms with E-state index in [0.717, 1.165) is 6.42 Å². The SMILES string of the molecule is CCCc1c(OCC2COc3ccc(CC(=O)O)cc3O2)ccc(C(C)=O)c1O. The minimum atomic E-state index is -0.918. The van der Waals surface area contributed by atoms with Crippen molar-refractivity contribution < 1.29 is 34.0 Å². The summed E-state index contributed by atoms with van der Waals surface area (Å²) in [6, 6.07) is 8.29. The standard InChI is InChI=1S/C22H24O7/c1-3-4-17-18(8-6-16(13(2)23)22(17)26)27-11-15-12-28-19-7-5-14(10-21(24)25)9-20(19)29-15/h5-9,15,26H,3-4,10-12H2,1-2H3,(H,24,25). The van der Waals surface area contributed by atoms with Crippen molar-refractivity contribution in [1.82, 2.24) is 0 Å². The second-order valence-electron chi connectivity index (χ2n) is 6.96. The van der Waals surface area contributed by atoms with Gasteiger partial charge in [0, 0.05) is 5.56 Å². The maximum Gasteiger partial charge on any atom is 0.307 e. The van der Waals surface area contributed by atoms with E-state index in [9.17, 15) is 14.7 Å². The molecule has 0 saturated heterocycles. The molecule has 0 aromatic heterocycles. The van der Waals surface area contributed by atoms with E-state index >= 15 is 0 Å². The number of hydrogen-bond donors (Lipinski definition) is 2. The van der Waals surface area contributed by atoms with E-state index in [2.05, 4.69) is 0 Å². The van der Waals surface area contributed by atoms with Gasteiger partial charge in [0.2, 0.25) is 0 Å². The van der Waals surface area contributed by atoms with E-state index in [1.807, 2.05) is 6.92 Å². The average Bonchev–Trinajstić information content (AvgIpc) is 2.67. The van der Waals surface area contributed by atoms with Crippen molar-refractivity contribution in [3.63, 3.8) is 0 Å². The van der Waals surface area contributed by atoms with E-state index < -0.39 is 12.1 Å². The number of phenols is 1. The summed E-state index contributed by atoms with van der Waals surface area (Å²) in [5.41, 5.74) is 1.50.